The number of carbonyl (C=O) groups excluding carboxylic acids is 1. The number of H-pyrrole nitrogens is 1. The lowest BCUT2D eigenvalue weighted by atomic mass is 10.2. The highest BCUT2D eigenvalue weighted by atomic mass is 16.1. The van der Waals surface area contributed by atoms with Gasteiger partial charge in [-0.05, 0) is 24.3 Å². The number of pyridine rings is 2. The molecule has 8 heteroatoms. The van der Waals surface area contributed by atoms with Crippen LogP contribution in [0.4, 0.5) is 5.69 Å². The van der Waals surface area contributed by atoms with Crippen LogP contribution in [0.2, 0.25) is 0 Å². The number of amides is 1. The highest BCUT2D eigenvalue weighted by molar-refractivity contribution is 6.04. The second kappa shape index (κ2) is 6.60. The largest absolute Gasteiger partial charge is 0.317 e. The van der Waals surface area contributed by atoms with Gasteiger partial charge in [-0.3, -0.25) is 19.6 Å². The quantitative estimate of drug-likeness (QED) is 0.592. The molecule has 8 nitrogen and oxygen atoms in total. The first kappa shape index (κ1) is 15.7. The summed E-state index contributed by atoms with van der Waals surface area (Å²) < 4.78 is 1.63. The highest BCUT2D eigenvalue weighted by Crippen LogP contribution is 2.25. The average molecular weight is 345 g/mol. The molecule has 0 aliphatic rings. The second-order valence-corrected chi connectivity index (χ2v) is 5.63. The van der Waals surface area contributed by atoms with Crippen molar-refractivity contribution in [2.75, 3.05) is 5.32 Å². The van der Waals surface area contributed by atoms with Crippen LogP contribution >= 0.6 is 0 Å². The van der Waals surface area contributed by atoms with Crippen LogP contribution in [0.15, 0.2) is 61.2 Å². The van der Waals surface area contributed by atoms with Crippen molar-refractivity contribution in [3.05, 3.63) is 66.9 Å². The molecule has 4 aromatic rings. The van der Waals surface area contributed by atoms with Crippen LogP contribution < -0.4 is 5.32 Å². The minimum absolute atomic E-state index is 0.305. The summed E-state index contributed by atoms with van der Waals surface area (Å²) in [7, 11) is 1.79. The van der Waals surface area contributed by atoms with Crippen molar-refractivity contribution in [3.8, 4) is 22.6 Å². The fourth-order valence-corrected chi connectivity index (χ4v) is 2.57. The molecule has 1 amide bonds. The average Bonchev–Trinajstić information content (AvgIpc) is 3.32. The number of nitrogens with zero attached hydrogens (tertiary/aromatic N) is 5. The first-order chi connectivity index (χ1) is 12.7. The van der Waals surface area contributed by atoms with Crippen molar-refractivity contribution >= 4 is 11.6 Å². The normalized spacial score (nSPS) is 10.7. The van der Waals surface area contributed by atoms with Crippen LogP contribution in [0, 0.1) is 0 Å². The van der Waals surface area contributed by atoms with Gasteiger partial charge in [0, 0.05) is 31.2 Å². The number of aromatic amines is 1. The molecule has 0 spiro atoms. The number of nitrogens with one attached hydrogen (secondary N) is 2. The van der Waals surface area contributed by atoms with E-state index in [0.29, 0.717) is 28.5 Å². The third-order valence-corrected chi connectivity index (χ3v) is 3.76. The Morgan fingerprint density at radius 3 is 2.81 bits per heavy atom. The van der Waals surface area contributed by atoms with E-state index in [1.54, 1.807) is 48.6 Å². The number of anilines is 1. The summed E-state index contributed by atoms with van der Waals surface area (Å²) in [5.41, 5.74) is 3.65. The summed E-state index contributed by atoms with van der Waals surface area (Å²) in [4.78, 5) is 21.4. The molecule has 0 aliphatic heterocycles. The topological polar surface area (TPSA) is 101 Å². The van der Waals surface area contributed by atoms with Gasteiger partial charge in [0.25, 0.3) is 5.91 Å². The standard InChI is InChI=1S/C18H15N7O/c1-25-11-16(17(24-25)14-5-2-3-8-19-14)23-18(26)15-7-4-6-13(22-15)12-9-20-21-10-12/h2-11H,1H3,(H,20,21)(H,23,26). The molecule has 4 aromatic heterocycles. The molecule has 4 heterocycles. The molecule has 0 radical (unpaired) electrons. The van der Waals surface area contributed by atoms with Gasteiger partial charge in [-0.25, -0.2) is 4.98 Å². The van der Waals surface area contributed by atoms with Gasteiger partial charge >= 0.3 is 0 Å². The molecule has 0 aromatic carbocycles. The minimum Gasteiger partial charge on any atom is -0.317 e. The Morgan fingerprint density at radius 2 is 2.04 bits per heavy atom. The molecule has 0 bridgehead atoms. The highest BCUT2D eigenvalue weighted by Gasteiger charge is 2.16. The van der Waals surface area contributed by atoms with Gasteiger partial charge in [-0.2, -0.15) is 10.2 Å². The van der Waals surface area contributed by atoms with Crippen molar-refractivity contribution < 1.29 is 4.79 Å². The number of hydrogen-bond donors (Lipinski definition) is 2. The van der Waals surface area contributed by atoms with Crippen molar-refractivity contribution in [1.29, 1.82) is 0 Å². The molecule has 0 unspecified atom stereocenters. The Labute approximate surface area is 148 Å². The molecule has 2 N–H and O–H groups in total. The van der Waals surface area contributed by atoms with Crippen LogP contribution in [0.3, 0.4) is 0 Å². The maximum atomic E-state index is 12.7. The van der Waals surface area contributed by atoms with Gasteiger partial charge < -0.3 is 5.32 Å². The van der Waals surface area contributed by atoms with E-state index in [-0.39, 0.29) is 5.91 Å². The Morgan fingerprint density at radius 1 is 1.15 bits per heavy atom. The minimum atomic E-state index is -0.319. The van der Waals surface area contributed by atoms with Crippen LogP contribution in [0.25, 0.3) is 22.6 Å². The Hall–Kier alpha value is -3.81. The maximum Gasteiger partial charge on any atom is 0.274 e. The summed E-state index contributed by atoms with van der Waals surface area (Å²) >= 11 is 0. The molecule has 128 valence electrons. The van der Waals surface area contributed by atoms with Gasteiger partial charge in [0.2, 0.25) is 0 Å². The van der Waals surface area contributed by atoms with E-state index in [1.165, 1.54) is 0 Å². The molecule has 0 aliphatic carbocycles. The smallest absolute Gasteiger partial charge is 0.274 e. The fourth-order valence-electron chi connectivity index (χ4n) is 2.57. The number of rotatable bonds is 4. The first-order valence-corrected chi connectivity index (χ1v) is 7.93. The summed E-state index contributed by atoms with van der Waals surface area (Å²) in [6.45, 7) is 0. The number of aryl methyl sites for hydroxylation is 1. The first-order valence-electron chi connectivity index (χ1n) is 7.93. The van der Waals surface area contributed by atoms with Gasteiger partial charge in [0.05, 0.1) is 23.3 Å². The lowest BCUT2D eigenvalue weighted by Gasteiger charge is -2.06. The van der Waals surface area contributed by atoms with Crippen LogP contribution in [0.1, 0.15) is 10.5 Å². The lowest BCUT2D eigenvalue weighted by Crippen LogP contribution is -2.14. The molecular weight excluding hydrogens is 330 g/mol. The third kappa shape index (κ3) is 3.07. The molecule has 26 heavy (non-hydrogen) atoms. The zero-order valence-corrected chi connectivity index (χ0v) is 13.9. The van der Waals surface area contributed by atoms with Crippen LogP contribution in [0.5, 0.6) is 0 Å². The number of aromatic nitrogens is 6. The van der Waals surface area contributed by atoms with Gasteiger partial charge in [-0.1, -0.05) is 12.1 Å². The van der Waals surface area contributed by atoms with Gasteiger partial charge in [-0.15, -0.1) is 0 Å². The molecule has 0 atom stereocenters. The van der Waals surface area contributed by atoms with Crippen molar-refractivity contribution in [2.24, 2.45) is 7.05 Å². The molecule has 0 fully saturated rings. The molecular formula is C18H15N7O. The van der Waals surface area contributed by atoms with Crippen molar-refractivity contribution in [1.82, 2.24) is 29.9 Å². The van der Waals surface area contributed by atoms with E-state index in [1.807, 2.05) is 24.3 Å². The maximum absolute atomic E-state index is 12.7. The Balaban J connectivity index is 1.63. The van der Waals surface area contributed by atoms with E-state index in [9.17, 15) is 4.79 Å². The number of carbonyl (C=O) groups is 1. The third-order valence-electron chi connectivity index (χ3n) is 3.76. The van der Waals surface area contributed by atoms with Gasteiger partial charge in [0.15, 0.2) is 0 Å². The lowest BCUT2D eigenvalue weighted by molar-refractivity contribution is 0.102. The van der Waals surface area contributed by atoms with Gasteiger partial charge in [0.1, 0.15) is 11.4 Å². The van der Waals surface area contributed by atoms with Crippen LogP contribution in [-0.4, -0.2) is 35.9 Å². The van der Waals surface area contributed by atoms with E-state index >= 15 is 0 Å². The summed E-state index contributed by atoms with van der Waals surface area (Å²) in [5, 5.41) is 13.9. The second-order valence-electron chi connectivity index (χ2n) is 5.63. The van der Waals surface area contributed by atoms with E-state index in [2.05, 4.69) is 30.6 Å². The van der Waals surface area contributed by atoms with E-state index in [0.717, 1.165) is 5.56 Å². The SMILES string of the molecule is Cn1cc(NC(=O)c2cccc(-c3cn[nH]c3)n2)c(-c2ccccn2)n1. The van der Waals surface area contributed by atoms with Crippen molar-refractivity contribution in [2.45, 2.75) is 0 Å². The zero-order chi connectivity index (χ0) is 17.9. The summed E-state index contributed by atoms with van der Waals surface area (Å²) in [6.07, 6.45) is 6.81. The summed E-state index contributed by atoms with van der Waals surface area (Å²) in [6, 6.07) is 10.8. The molecule has 0 saturated carbocycles. The predicted octanol–water partition coefficient (Wildman–Crippen LogP) is 2.52. The van der Waals surface area contributed by atoms with E-state index in [4.69, 9.17) is 0 Å². The molecule has 0 saturated heterocycles. The Bertz CT molecular complexity index is 1040. The monoisotopic (exact) mass is 345 g/mol. The summed E-state index contributed by atoms with van der Waals surface area (Å²) in [5.74, 6) is -0.319. The molecule has 4 rings (SSSR count). The number of hydrogen-bond acceptors (Lipinski definition) is 5. The van der Waals surface area contributed by atoms with Crippen LogP contribution in [-0.2, 0) is 7.05 Å². The van der Waals surface area contributed by atoms with Crippen molar-refractivity contribution in [3.63, 3.8) is 0 Å². The Kier molecular flexibility index (Phi) is 3.98. The fraction of sp³-hybridized carbons (Fsp3) is 0.0556. The zero-order valence-electron chi connectivity index (χ0n) is 13.9. The predicted molar refractivity (Wildman–Crippen MR) is 96.2 cm³/mol. The van der Waals surface area contributed by atoms with E-state index < -0.39 is 0 Å².